The smallest absolute Gasteiger partial charge is 0.0208 e. The first kappa shape index (κ1) is 12.7. The van der Waals surface area contributed by atoms with Gasteiger partial charge in [0.05, 0.1) is 0 Å². The van der Waals surface area contributed by atoms with Crippen LogP contribution in [0.15, 0.2) is 24.3 Å². The molecule has 1 aromatic rings. The van der Waals surface area contributed by atoms with E-state index in [0.29, 0.717) is 12.0 Å². The summed E-state index contributed by atoms with van der Waals surface area (Å²) in [5, 5.41) is 4.59. The maximum atomic E-state index is 3.54. The average molecular weight is 270 g/mol. The van der Waals surface area contributed by atoms with Gasteiger partial charge in [-0.1, -0.05) is 52.7 Å². The molecule has 0 aromatic heterocycles. The van der Waals surface area contributed by atoms with E-state index in [-0.39, 0.29) is 0 Å². The van der Waals surface area contributed by atoms with Gasteiger partial charge in [-0.25, -0.2) is 0 Å². The quantitative estimate of drug-likeness (QED) is 0.807. The second-order valence-electron chi connectivity index (χ2n) is 4.29. The van der Waals surface area contributed by atoms with Crippen molar-refractivity contribution >= 4 is 15.9 Å². The van der Waals surface area contributed by atoms with Crippen LogP contribution in [0.5, 0.6) is 0 Å². The molecule has 2 heteroatoms. The Bertz CT molecular complexity index is 281. The Kier molecular flexibility index (Phi) is 5.34. The highest BCUT2D eigenvalue weighted by Crippen LogP contribution is 2.08. The Morgan fingerprint density at radius 1 is 1.20 bits per heavy atom. The maximum Gasteiger partial charge on any atom is 0.0208 e. The van der Waals surface area contributed by atoms with Crippen LogP contribution in [0, 0.1) is 12.8 Å². The van der Waals surface area contributed by atoms with Crippen molar-refractivity contribution < 1.29 is 0 Å². The van der Waals surface area contributed by atoms with Gasteiger partial charge in [-0.3, -0.25) is 0 Å². The van der Waals surface area contributed by atoms with E-state index < -0.39 is 0 Å². The molecule has 0 radical (unpaired) electrons. The molecule has 0 fully saturated rings. The Hall–Kier alpha value is -0.340. The fraction of sp³-hybridized carbons (Fsp3) is 0.538. The molecule has 0 saturated heterocycles. The minimum Gasteiger partial charge on any atom is -0.310 e. The standard InChI is InChI=1S/C13H20BrN/c1-10-4-6-13(7-5-10)9-15-12(3)11(2)8-14/h4-7,11-12,15H,8-9H2,1-3H3. The molecule has 2 unspecified atom stereocenters. The second-order valence-corrected chi connectivity index (χ2v) is 4.93. The van der Waals surface area contributed by atoms with Crippen LogP contribution < -0.4 is 5.32 Å². The minimum atomic E-state index is 0.547. The molecule has 0 aliphatic carbocycles. The van der Waals surface area contributed by atoms with Gasteiger partial charge in [-0.05, 0) is 25.3 Å². The molecular weight excluding hydrogens is 250 g/mol. The summed E-state index contributed by atoms with van der Waals surface area (Å²) in [6, 6.07) is 9.25. The minimum absolute atomic E-state index is 0.547. The number of nitrogens with one attached hydrogen (secondary N) is 1. The first-order chi connectivity index (χ1) is 7.13. The van der Waals surface area contributed by atoms with Gasteiger partial charge in [-0.2, -0.15) is 0 Å². The van der Waals surface area contributed by atoms with E-state index in [0.717, 1.165) is 11.9 Å². The van der Waals surface area contributed by atoms with Crippen LogP contribution in [-0.2, 0) is 6.54 Å². The fourth-order valence-corrected chi connectivity index (χ4v) is 1.88. The molecule has 0 amide bonds. The van der Waals surface area contributed by atoms with Crippen molar-refractivity contribution in [2.75, 3.05) is 5.33 Å². The van der Waals surface area contributed by atoms with Gasteiger partial charge in [0.2, 0.25) is 0 Å². The van der Waals surface area contributed by atoms with Crippen molar-refractivity contribution in [3.63, 3.8) is 0 Å². The van der Waals surface area contributed by atoms with Crippen LogP contribution >= 0.6 is 15.9 Å². The first-order valence-electron chi connectivity index (χ1n) is 5.48. The largest absolute Gasteiger partial charge is 0.310 e. The van der Waals surface area contributed by atoms with Crippen LogP contribution in [0.1, 0.15) is 25.0 Å². The summed E-state index contributed by atoms with van der Waals surface area (Å²) in [5.74, 6) is 0.662. The zero-order valence-electron chi connectivity index (χ0n) is 9.76. The topological polar surface area (TPSA) is 12.0 Å². The molecule has 0 aliphatic heterocycles. The van der Waals surface area contributed by atoms with Crippen molar-refractivity contribution in [2.24, 2.45) is 5.92 Å². The van der Waals surface area contributed by atoms with E-state index in [1.165, 1.54) is 11.1 Å². The van der Waals surface area contributed by atoms with Crippen LogP contribution in [0.3, 0.4) is 0 Å². The van der Waals surface area contributed by atoms with E-state index in [1.807, 2.05) is 0 Å². The maximum absolute atomic E-state index is 3.54. The molecule has 0 saturated carbocycles. The zero-order valence-corrected chi connectivity index (χ0v) is 11.3. The lowest BCUT2D eigenvalue weighted by Crippen LogP contribution is -2.32. The third kappa shape index (κ3) is 4.35. The number of rotatable bonds is 5. The Morgan fingerprint density at radius 3 is 2.33 bits per heavy atom. The number of halogens is 1. The summed E-state index contributed by atoms with van der Waals surface area (Å²) >= 11 is 3.51. The summed E-state index contributed by atoms with van der Waals surface area (Å²) in [4.78, 5) is 0. The Morgan fingerprint density at radius 2 is 1.80 bits per heavy atom. The second kappa shape index (κ2) is 6.29. The van der Waals surface area contributed by atoms with Gasteiger partial charge < -0.3 is 5.32 Å². The van der Waals surface area contributed by atoms with Crippen LogP contribution in [-0.4, -0.2) is 11.4 Å². The lowest BCUT2D eigenvalue weighted by molar-refractivity contribution is 0.433. The van der Waals surface area contributed by atoms with Crippen LogP contribution in [0.4, 0.5) is 0 Å². The number of hydrogen-bond acceptors (Lipinski definition) is 1. The third-order valence-corrected chi connectivity index (χ3v) is 3.87. The van der Waals surface area contributed by atoms with Crippen LogP contribution in [0.2, 0.25) is 0 Å². The SMILES string of the molecule is Cc1ccc(CNC(C)C(C)CBr)cc1. The molecular formula is C13H20BrN. The van der Waals surface area contributed by atoms with Gasteiger partial charge in [-0.15, -0.1) is 0 Å². The van der Waals surface area contributed by atoms with Crippen molar-refractivity contribution in [3.8, 4) is 0 Å². The molecule has 2 atom stereocenters. The molecule has 1 aromatic carbocycles. The predicted molar refractivity (Wildman–Crippen MR) is 70.4 cm³/mol. The molecule has 1 N–H and O–H groups in total. The third-order valence-electron chi connectivity index (χ3n) is 2.85. The molecule has 1 rings (SSSR count). The Labute approximate surface area is 101 Å². The molecule has 0 heterocycles. The summed E-state index contributed by atoms with van der Waals surface area (Å²) < 4.78 is 0. The van der Waals surface area contributed by atoms with Gasteiger partial charge in [0.1, 0.15) is 0 Å². The summed E-state index contributed by atoms with van der Waals surface area (Å²) in [6.07, 6.45) is 0. The van der Waals surface area contributed by atoms with Crippen molar-refractivity contribution in [1.29, 1.82) is 0 Å². The monoisotopic (exact) mass is 269 g/mol. The number of benzene rings is 1. The summed E-state index contributed by atoms with van der Waals surface area (Å²) in [7, 11) is 0. The lowest BCUT2D eigenvalue weighted by Gasteiger charge is -2.19. The zero-order chi connectivity index (χ0) is 11.3. The lowest BCUT2D eigenvalue weighted by atomic mass is 10.1. The predicted octanol–water partition coefficient (Wildman–Crippen LogP) is 3.50. The van der Waals surface area contributed by atoms with E-state index in [1.54, 1.807) is 0 Å². The van der Waals surface area contributed by atoms with E-state index in [9.17, 15) is 0 Å². The molecule has 84 valence electrons. The highest BCUT2D eigenvalue weighted by atomic mass is 79.9. The Balaban J connectivity index is 2.40. The van der Waals surface area contributed by atoms with Crippen molar-refractivity contribution in [2.45, 2.75) is 33.4 Å². The van der Waals surface area contributed by atoms with E-state index >= 15 is 0 Å². The normalized spacial score (nSPS) is 14.9. The molecule has 1 nitrogen and oxygen atoms in total. The molecule has 0 bridgehead atoms. The number of aryl methyl sites for hydroxylation is 1. The number of hydrogen-bond donors (Lipinski definition) is 1. The molecule has 0 aliphatic rings. The fourth-order valence-electron chi connectivity index (χ4n) is 1.32. The van der Waals surface area contributed by atoms with Gasteiger partial charge in [0.15, 0.2) is 0 Å². The number of alkyl halides is 1. The first-order valence-corrected chi connectivity index (χ1v) is 6.60. The molecule has 15 heavy (non-hydrogen) atoms. The van der Waals surface area contributed by atoms with Crippen molar-refractivity contribution in [1.82, 2.24) is 5.32 Å². The van der Waals surface area contributed by atoms with E-state index in [4.69, 9.17) is 0 Å². The van der Waals surface area contributed by atoms with Gasteiger partial charge in [0.25, 0.3) is 0 Å². The van der Waals surface area contributed by atoms with Crippen LogP contribution in [0.25, 0.3) is 0 Å². The van der Waals surface area contributed by atoms with Crippen molar-refractivity contribution in [3.05, 3.63) is 35.4 Å². The average Bonchev–Trinajstić information content (AvgIpc) is 2.26. The summed E-state index contributed by atoms with van der Waals surface area (Å²) in [6.45, 7) is 7.56. The molecule has 0 spiro atoms. The van der Waals surface area contributed by atoms with Gasteiger partial charge in [0, 0.05) is 17.9 Å². The highest BCUT2D eigenvalue weighted by molar-refractivity contribution is 9.09. The summed E-state index contributed by atoms with van der Waals surface area (Å²) in [5.41, 5.74) is 2.68. The van der Waals surface area contributed by atoms with E-state index in [2.05, 4.69) is 66.3 Å². The highest BCUT2D eigenvalue weighted by Gasteiger charge is 2.09. The van der Waals surface area contributed by atoms with Gasteiger partial charge >= 0.3 is 0 Å².